The molecular formula is C14H15NO5. The Kier molecular flexibility index (Phi) is 3.54. The Hall–Kier alpha value is -1.73. The van der Waals surface area contributed by atoms with Gasteiger partial charge in [-0.05, 0) is 24.3 Å². The summed E-state index contributed by atoms with van der Waals surface area (Å²) in [5.74, 6) is 0.505. The van der Waals surface area contributed by atoms with Crippen molar-refractivity contribution in [3.63, 3.8) is 0 Å². The van der Waals surface area contributed by atoms with Crippen LogP contribution in [0.4, 0.5) is 0 Å². The van der Waals surface area contributed by atoms with Gasteiger partial charge in [0.25, 0.3) is 0 Å². The minimum absolute atomic E-state index is 0.380. The second-order valence-corrected chi connectivity index (χ2v) is 4.65. The Balaban J connectivity index is 1.87. The zero-order chi connectivity index (χ0) is 14.1. The number of pyridine rings is 1. The fourth-order valence-corrected chi connectivity index (χ4v) is 2.27. The summed E-state index contributed by atoms with van der Waals surface area (Å²) in [5, 5.41) is 29.4. The zero-order valence-corrected chi connectivity index (χ0v) is 10.6. The van der Waals surface area contributed by atoms with Crippen molar-refractivity contribution in [1.82, 2.24) is 4.98 Å². The third-order valence-corrected chi connectivity index (χ3v) is 3.35. The van der Waals surface area contributed by atoms with Gasteiger partial charge in [0.2, 0.25) is 6.29 Å². The first-order valence-electron chi connectivity index (χ1n) is 6.33. The van der Waals surface area contributed by atoms with Crippen LogP contribution in [0, 0.1) is 0 Å². The molecule has 0 radical (unpaired) electrons. The summed E-state index contributed by atoms with van der Waals surface area (Å²) in [7, 11) is 0. The summed E-state index contributed by atoms with van der Waals surface area (Å²) >= 11 is 0. The van der Waals surface area contributed by atoms with Gasteiger partial charge in [-0.15, -0.1) is 0 Å². The summed E-state index contributed by atoms with van der Waals surface area (Å²) in [6, 6.07) is 9.00. The Bertz CT molecular complexity index is 600. The van der Waals surface area contributed by atoms with Crippen LogP contribution in [-0.2, 0) is 4.74 Å². The zero-order valence-electron chi connectivity index (χ0n) is 10.6. The SMILES string of the molecule is OC[C@H]1OC(Oc2cccc3ncccc23)[C@H](O)[C@@H]1O. The molecule has 6 heteroatoms. The van der Waals surface area contributed by atoms with Crippen molar-refractivity contribution >= 4 is 10.9 Å². The molecule has 1 unspecified atom stereocenters. The lowest BCUT2D eigenvalue weighted by atomic mass is 10.1. The Morgan fingerprint density at radius 3 is 2.75 bits per heavy atom. The minimum Gasteiger partial charge on any atom is -0.461 e. The third-order valence-electron chi connectivity index (χ3n) is 3.35. The van der Waals surface area contributed by atoms with Crippen LogP contribution in [0.25, 0.3) is 10.9 Å². The van der Waals surface area contributed by atoms with Crippen LogP contribution in [0.1, 0.15) is 0 Å². The Morgan fingerprint density at radius 1 is 1.15 bits per heavy atom. The fraction of sp³-hybridized carbons (Fsp3) is 0.357. The van der Waals surface area contributed by atoms with E-state index in [4.69, 9.17) is 14.6 Å². The van der Waals surface area contributed by atoms with Crippen molar-refractivity contribution in [3.05, 3.63) is 36.5 Å². The molecular weight excluding hydrogens is 262 g/mol. The number of hydrogen-bond donors (Lipinski definition) is 3. The standard InChI is InChI=1S/C14H15NO5/c16-7-11-12(17)13(18)14(20-11)19-10-5-1-4-9-8(10)3-2-6-15-9/h1-6,11-14,16-18H,7H2/t11-,12-,13-,14?/m1/s1. The molecule has 3 N–H and O–H groups in total. The van der Waals surface area contributed by atoms with Gasteiger partial charge in [0.15, 0.2) is 0 Å². The van der Waals surface area contributed by atoms with Crippen molar-refractivity contribution in [2.24, 2.45) is 0 Å². The van der Waals surface area contributed by atoms with E-state index in [1.165, 1.54) is 0 Å². The van der Waals surface area contributed by atoms with Crippen LogP contribution in [0.5, 0.6) is 5.75 Å². The molecule has 4 atom stereocenters. The second kappa shape index (κ2) is 5.34. The van der Waals surface area contributed by atoms with Crippen LogP contribution < -0.4 is 4.74 Å². The van der Waals surface area contributed by atoms with Crippen LogP contribution in [0.2, 0.25) is 0 Å². The Morgan fingerprint density at radius 2 is 2.00 bits per heavy atom. The van der Waals surface area contributed by atoms with E-state index >= 15 is 0 Å². The van der Waals surface area contributed by atoms with Gasteiger partial charge in [-0.25, -0.2) is 0 Å². The Labute approximate surface area is 115 Å². The van der Waals surface area contributed by atoms with E-state index in [9.17, 15) is 10.2 Å². The number of aliphatic hydroxyl groups excluding tert-OH is 3. The molecule has 3 rings (SSSR count). The van der Waals surface area contributed by atoms with Gasteiger partial charge < -0.3 is 24.8 Å². The lowest BCUT2D eigenvalue weighted by Gasteiger charge is -2.17. The highest BCUT2D eigenvalue weighted by Gasteiger charge is 2.44. The number of benzene rings is 1. The number of ether oxygens (including phenoxy) is 2. The maximum atomic E-state index is 9.87. The maximum absolute atomic E-state index is 9.87. The van der Waals surface area contributed by atoms with Gasteiger partial charge in [-0.2, -0.15) is 0 Å². The molecule has 1 fully saturated rings. The molecule has 1 aromatic heterocycles. The lowest BCUT2D eigenvalue weighted by Crippen LogP contribution is -2.35. The second-order valence-electron chi connectivity index (χ2n) is 4.65. The van der Waals surface area contributed by atoms with E-state index in [1.807, 2.05) is 12.1 Å². The van der Waals surface area contributed by atoms with Gasteiger partial charge >= 0.3 is 0 Å². The van der Waals surface area contributed by atoms with Gasteiger partial charge in [0.1, 0.15) is 24.1 Å². The highest BCUT2D eigenvalue weighted by molar-refractivity contribution is 5.84. The normalized spacial score (nSPS) is 29.8. The van der Waals surface area contributed by atoms with Gasteiger partial charge in [0, 0.05) is 11.6 Å². The minimum atomic E-state index is -1.21. The van der Waals surface area contributed by atoms with Crippen molar-refractivity contribution < 1.29 is 24.8 Å². The molecule has 1 aromatic carbocycles. The average molecular weight is 277 g/mol. The van der Waals surface area contributed by atoms with E-state index in [2.05, 4.69) is 4.98 Å². The number of fused-ring (bicyclic) bond motifs is 1. The molecule has 2 aromatic rings. The van der Waals surface area contributed by atoms with Crippen LogP contribution in [0.3, 0.4) is 0 Å². The summed E-state index contributed by atoms with van der Waals surface area (Å²) in [4.78, 5) is 4.21. The summed E-state index contributed by atoms with van der Waals surface area (Å²) < 4.78 is 10.9. The molecule has 0 spiro atoms. The van der Waals surface area contributed by atoms with Crippen molar-refractivity contribution in [2.45, 2.75) is 24.6 Å². The first-order valence-corrected chi connectivity index (χ1v) is 6.33. The van der Waals surface area contributed by atoms with Gasteiger partial charge in [-0.1, -0.05) is 6.07 Å². The molecule has 0 saturated carbocycles. The number of nitrogens with zero attached hydrogens (tertiary/aromatic N) is 1. The van der Waals surface area contributed by atoms with E-state index in [0.717, 1.165) is 10.9 Å². The molecule has 2 heterocycles. The van der Waals surface area contributed by atoms with Crippen LogP contribution in [0.15, 0.2) is 36.5 Å². The summed E-state index contributed by atoms with van der Waals surface area (Å²) in [6.45, 7) is -0.380. The fourth-order valence-electron chi connectivity index (χ4n) is 2.27. The number of rotatable bonds is 3. The van der Waals surface area contributed by atoms with Gasteiger partial charge in [0.05, 0.1) is 12.1 Å². The van der Waals surface area contributed by atoms with E-state index in [-0.39, 0.29) is 6.61 Å². The topological polar surface area (TPSA) is 92.0 Å². The first-order chi connectivity index (χ1) is 9.70. The van der Waals surface area contributed by atoms with Crippen LogP contribution in [-0.4, -0.2) is 51.5 Å². The molecule has 106 valence electrons. The van der Waals surface area contributed by atoms with Crippen molar-refractivity contribution in [3.8, 4) is 5.75 Å². The summed E-state index contributed by atoms with van der Waals surface area (Å²) in [6.07, 6.45) is -2.56. The van der Waals surface area contributed by atoms with E-state index in [0.29, 0.717) is 5.75 Å². The largest absolute Gasteiger partial charge is 0.461 e. The smallest absolute Gasteiger partial charge is 0.229 e. The van der Waals surface area contributed by atoms with Crippen molar-refractivity contribution in [2.75, 3.05) is 6.61 Å². The molecule has 0 aliphatic carbocycles. The molecule has 0 bridgehead atoms. The highest BCUT2D eigenvalue weighted by Crippen LogP contribution is 2.29. The lowest BCUT2D eigenvalue weighted by molar-refractivity contribution is -0.115. The van der Waals surface area contributed by atoms with Crippen LogP contribution >= 0.6 is 0 Å². The number of aliphatic hydroxyl groups is 3. The third kappa shape index (κ3) is 2.23. The van der Waals surface area contributed by atoms with E-state index in [1.54, 1.807) is 24.4 Å². The predicted molar refractivity (Wildman–Crippen MR) is 70.1 cm³/mol. The number of aromatic nitrogens is 1. The maximum Gasteiger partial charge on any atom is 0.229 e. The monoisotopic (exact) mass is 277 g/mol. The van der Waals surface area contributed by atoms with E-state index < -0.39 is 24.6 Å². The summed E-state index contributed by atoms with van der Waals surface area (Å²) in [5.41, 5.74) is 0.761. The highest BCUT2D eigenvalue weighted by atomic mass is 16.7. The average Bonchev–Trinajstić information content (AvgIpc) is 2.75. The van der Waals surface area contributed by atoms with Gasteiger partial charge in [-0.3, -0.25) is 4.98 Å². The predicted octanol–water partition coefficient (Wildman–Crippen LogP) is 0.0526. The molecule has 1 saturated heterocycles. The molecule has 1 aliphatic heterocycles. The first kappa shape index (κ1) is 13.3. The molecule has 0 amide bonds. The number of hydrogen-bond acceptors (Lipinski definition) is 6. The molecule has 1 aliphatic rings. The quantitative estimate of drug-likeness (QED) is 0.734. The molecule has 20 heavy (non-hydrogen) atoms. The van der Waals surface area contributed by atoms with Crippen molar-refractivity contribution in [1.29, 1.82) is 0 Å². The molecule has 6 nitrogen and oxygen atoms in total.